The summed E-state index contributed by atoms with van der Waals surface area (Å²) in [6.07, 6.45) is 1.51. The van der Waals surface area contributed by atoms with Gasteiger partial charge in [0, 0.05) is 43.8 Å². The molecule has 0 unspecified atom stereocenters. The first kappa shape index (κ1) is 17.2. The van der Waals surface area contributed by atoms with Crippen LogP contribution in [0.15, 0.2) is 41.3 Å². The summed E-state index contributed by atoms with van der Waals surface area (Å²) in [7, 11) is 0. The Morgan fingerprint density at radius 1 is 1.20 bits per heavy atom. The first-order chi connectivity index (χ1) is 12.1. The summed E-state index contributed by atoms with van der Waals surface area (Å²) in [5.41, 5.74) is 2.74. The molecule has 0 aliphatic carbocycles. The van der Waals surface area contributed by atoms with E-state index in [9.17, 15) is 9.59 Å². The van der Waals surface area contributed by atoms with Crippen molar-refractivity contribution in [2.45, 2.75) is 13.8 Å². The zero-order chi connectivity index (χ0) is 17.8. The van der Waals surface area contributed by atoms with Gasteiger partial charge in [-0.2, -0.15) is 0 Å². The van der Waals surface area contributed by atoms with Gasteiger partial charge in [-0.3, -0.25) is 9.59 Å². The molecule has 1 aromatic carbocycles. The zero-order valence-electron chi connectivity index (χ0n) is 14.7. The molecule has 1 aliphatic rings. The highest BCUT2D eigenvalue weighted by molar-refractivity contribution is 6.04. The maximum absolute atomic E-state index is 12.3. The summed E-state index contributed by atoms with van der Waals surface area (Å²) in [6, 6.07) is 9.05. The van der Waals surface area contributed by atoms with Crippen LogP contribution in [0.25, 0.3) is 0 Å². The quantitative estimate of drug-likeness (QED) is 0.894. The van der Waals surface area contributed by atoms with E-state index in [1.807, 2.05) is 25.1 Å². The second-order valence-corrected chi connectivity index (χ2v) is 6.29. The number of rotatable bonds is 4. The van der Waals surface area contributed by atoms with E-state index in [4.69, 9.17) is 0 Å². The number of aromatic amines is 1. The molecule has 6 heteroatoms. The average Bonchev–Trinajstić information content (AvgIpc) is 2.62. The molecule has 2 N–H and O–H groups in total. The van der Waals surface area contributed by atoms with Crippen LogP contribution in [0.4, 0.5) is 11.4 Å². The number of H-pyrrole nitrogens is 1. The number of nitrogens with zero attached hydrogens (tertiary/aromatic N) is 2. The van der Waals surface area contributed by atoms with Gasteiger partial charge in [-0.15, -0.1) is 0 Å². The van der Waals surface area contributed by atoms with Crippen molar-refractivity contribution in [3.8, 4) is 0 Å². The van der Waals surface area contributed by atoms with Crippen LogP contribution in [0, 0.1) is 6.92 Å². The Hall–Kier alpha value is -2.60. The minimum Gasteiger partial charge on any atom is -0.369 e. The predicted molar refractivity (Wildman–Crippen MR) is 101 cm³/mol. The van der Waals surface area contributed by atoms with Gasteiger partial charge in [0.2, 0.25) is 0 Å². The van der Waals surface area contributed by atoms with Crippen LogP contribution in [0.1, 0.15) is 22.8 Å². The summed E-state index contributed by atoms with van der Waals surface area (Å²) in [4.78, 5) is 31.3. The molecule has 0 radical (unpaired) electrons. The molecule has 0 saturated carbocycles. The van der Waals surface area contributed by atoms with Gasteiger partial charge in [-0.05, 0) is 49.4 Å². The van der Waals surface area contributed by atoms with Gasteiger partial charge in [0.1, 0.15) is 5.56 Å². The van der Waals surface area contributed by atoms with Gasteiger partial charge >= 0.3 is 0 Å². The van der Waals surface area contributed by atoms with Crippen molar-refractivity contribution in [2.75, 3.05) is 42.9 Å². The van der Waals surface area contributed by atoms with Crippen LogP contribution in [0.5, 0.6) is 0 Å². The molecule has 2 aromatic rings. The highest BCUT2D eigenvalue weighted by Crippen LogP contribution is 2.25. The van der Waals surface area contributed by atoms with E-state index in [0.29, 0.717) is 5.69 Å². The predicted octanol–water partition coefficient (Wildman–Crippen LogP) is 2.08. The Balaban J connectivity index is 1.71. The van der Waals surface area contributed by atoms with E-state index in [1.54, 1.807) is 6.07 Å². The second-order valence-electron chi connectivity index (χ2n) is 6.29. The molecular formula is C19H24N4O2. The fourth-order valence-electron chi connectivity index (χ4n) is 3.19. The number of nitrogens with one attached hydrogen (secondary N) is 2. The molecular weight excluding hydrogens is 316 g/mol. The Labute approximate surface area is 147 Å². The molecule has 0 spiro atoms. The van der Waals surface area contributed by atoms with Crippen molar-refractivity contribution in [2.24, 2.45) is 0 Å². The van der Waals surface area contributed by atoms with E-state index in [2.05, 4.69) is 27.0 Å². The van der Waals surface area contributed by atoms with Crippen molar-refractivity contribution >= 4 is 17.3 Å². The third-order valence-electron chi connectivity index (χ3n) is 4.68. The number of piperazine rings is 1. The van der Waals surface area contributed by atoms with Crippen LogP contribution in [0.3, 0.4) is 0 Å². The Kier molecular flexibility index (Phi) is 5.19. The molecule has 25 heavy (non-hydrogen) atoms. The third-order valence-corrected chi connectivity index (χ3v) is 4.68. The van der Waals surface area contributed by atoms with E-state index >= 15 is 0 Å². The van der Waals surface area contributed by atoms with Crippen molar-refractivity contribution in [1.29, 1.82) is 0 Å². The lowest BCUT2D eigenvalue weighted by atomic mass is 10.1. The minimum absolute atomic E-state index is 0.111. The number of carbonyl (C=O) groups is 1. The Bertz CT molecular complexity index is 807. The van der Waals surface area contributed by atoms with Crippen LogP contribution >= 0.6 is 0 Å². The number of hydrogen-bond donors (Lipinski definition) is 2. The maximum atomic E-state index is 12.3. The van der Waals surface area contributed by atoms with E-state index in [-0.39, 0.29) is 11.1 Å². The lowest BCUT2D eigenvalue weighted by molar-refractivity contribution is 0.102. The van der Waals surface area contributed by atoms with Crippen molar-refractivity contribution < 1.29 is 4.79 Å². The number of benzene rings is 1. The van der Waals surface area contributed by atoms with Gasteiger partial charge in [0.05, 0.1) is 0 Å². The molecule has 3 rings (SSSR count). The SMILES string of the molecule is CCN1CCN(c2ccc(NC(=O)c3ccc[nH]c3=O)cc2C)CC1. The van der Waals surface area contributed by atoms with Gasteiger partial charge in [-0.1, -0.05) is 6.92 Å². The van der Waals surface area contributed by atoms with Crippen LogP contribution in [-0.4, -0.2) is 48.5 Å². The highest BCUT2D eigenvalue weighted by Gasteiger charge is 2.17. The lowest BCUT2D eigenvalue weighted by Gasteiger charge is -2.36. The smallest absolute Gasteiger partial charge is 0.261 e. The summed E-state index contributed by atoms with van der Waals surface area (Å²) >= 11 is 0. The zero-order valence-corrected chi connectivity index (χ0v) is 14.7. The fraction of sp³-hybridized carbons (Fsp3) is 0.368. The number of likely N-dealkylation sites (N-methyl/N-ethyl adjacent to an activating group) is 1. The monoisotopic (exact) mass is 340 g/mol. The van der Waals surface area contributed by atoms with Crippen molar-refractivity contribution in [3.63, 3.8) is 0 Å². The molecule has 132 valence electrons. The number of pyridine rings is 1. The number of carbonyl (C=O) groups excluding carboxylic acids is 1. The molecule has 2 heterocycles. The topological polar surface area (TPSA) is 68.4 Å². The average molecular weight is 340 g/mol. The number of aryl methyl sites for hydroxylation is 1. The summed E-state index contributed by atoms with van der Waals surface area (Å²) < 4.78 is 0. The van der Waals surface area contributed by atoms with Crippen LogP contribution in [-0.2, 0) is 0 Å². The van der Waals surface area contributed by atoms with Crippen LogP contribution < -0.4 is 15.8 Å². The number of anilines is 2. The van der Waals surface area contributed by atoms with Gasteiger partial charge in [0.25, 0.3) is 11.5 Å². The molecule has 1 aromatic heterocycles. The molecule has 1 fully saturated rings. The van der Waals surface area contributed by atoms with Gasteiger partial charge < -0.3 is 20.1 Å². The highest BCUT2D eigenvalue weighted by atomic mass is 16.2. The number of hydrogen-bond acceptors (Lipinski definition) is 4. The van der Waals surface area contributed by atoms with E-state index in [1.165, 1.54) is 18.0 Å². The molecule has 1 aliphatic heterocycles. The van der Waals surface area contributed by atoms with Gasteiger partial charge in [0.15, 0.2) is 0 Å². The fourth-order valence-corrected chi connectivity index (χ4v) is 3.19. The normalized spacial score (nSPS) is 15.2. The first-order valence-electron chi connectivity index (χ1n) is 8.65. The van der Waals surface area contributed by atoms with Crippen LogP contribution in [0.2, 0.25) is 0 Å². The second kappa shape index (κ2) is 7.53. The van der Waals surface area contributed by atoms with E-state index < -0.39 is 5.91 Å². The molecule has 0 atom stereocenters. The molecule has 6 nitrogen and oxygen atoms in total. The third kappa shape index (κ3) is 3.91. The summed E-state index contributed by atoms with van der Waals surface area (Å²) in [6.45, 7) is 9.51. The first-order valence-corrected chi connectivity index (χ1v) is 8.65. The van der Waals surface area contributed by atoms with E-state index in [0.717, 1.165) is 38.3 Å². The largest absolute Gasteiger partial charge is 0.369 e. The maximum Gasteiger partial charge on any atom is 0.261 e. The van der Waals surface area contributed by atoms with Crippen molar-refractivity contribution in [1.82, 2.24) is 9.88 Å². The molecule has 1 saturated heterocycles. The Morgan fingerprint density at radius 3 is 2.60 bits per heavy atom. The standard InChI is InChI=1S/C19H24N4O2/c1-3-22-9-11-23(12-10-22)17-7-6-15(13-14(17)2)21-19(25)16-5-4-8-20-18(16)24/h4-8,13H,3,9-12H2,1-2H3,(H,20,24)(H,21,25). The molecule has 1 amide bonds. The molecule has 0 bridgehead atoms. The van der Waals surface area contributed by atoms with Gasteiger partial charge in [-0.25, -0.2) is 0 Å². The van der Waals surface area contributed by atoms with Crippen molar-refractivity contribution in [3.05, 3.63) is 58.0 Å². The minimum atomic E-state index is -0.398. The number of aromatic nitrogens is 1. The summed E-state index contributed by atoms with van der Waals surface area (Å²) in [5, 5.41) is 2.80. The summed E-state index contributed by atoms with van der Waals surface area (Å²) in [5.74, 6) is -0.398. The number of amides is 1. The lowest BCUT2D eigenvalue weighted by Crippen LogP contribution is -2.46. The Morgan fingerprint density at radius 2 is 1.96 bits per heavy atom.